The summed E-state index contributed by atoms with van der Waals surface area (Å²) in [6.07, 6.45) is 1.75. The molecule has 1 aromatic carbocycles. The van der Waals surface area contributed by atoms with E-state index >= 15 is 0 Å². The number of hydrogen-bond donors (Lipinski definition) is 1. The van der Waals surface area contributed by atoms with Crippen LogP contribution in [0.2, 0.25) is 0 Å². The number of anilines is 1. The maximum Gasteiger partial charge on any atom is 0.165 e. The van der Waals surface area contributed by atoms with E-state index < -0.39 is 0 Å². The van der Waals surface area contributed by atoms with E-state index in [1.807, 2.05) is 0 Å². The lowest BCUT2D eigenvalue weighted by atomic mass is 10.3. The molecule has 1 heterocycles. The number of nitrogens with two attached hydrogens (primary N) is 1. The molecule has 0 fully saturated rings. The molecule has 0 spiro atoms. The Morgan fingerprint density at radius 1 is 1.31 bits per heavy atom. The first-order chi connectivity index (χ1) is 7.75. The van der Waals surface area contributed by atoms with Crippen molar-refractivity contribution >= 4 is 5.82 Å². The Bertz CT molecular complexity index is 470. The number of benzene rings is 1. The van der Waals surface area contributed by atoms with Gasteiger partial charge in [0.15, 0.2) is 11.6 Å². The summed E-state index contributed by atoms with van der Waals surface area (Å²) in [6, 6.07) is 8.00. The van der Waals surface area contributed by atoms with Gasteiger partial charge in [0.05, 0.1) is 6.54 Å². The standard InChI is InChI=1S/C11H12FN3O/c12-9-3-1-2-4-10(9)16-8-7-15-6-5-11(13)14-15/h1-6H,7-8H2,(H2,13,14). The van der Waals surface area contributed by atoms with Crippen molar-refractivity contribution in [2.75, 3.05) is 12.3 Å². The van der Waals surface area contributed by atoms with Gasteiger partial charge in [-0.1, -0.05) is 12.1 Å². The van der Waals surface area contributed by atoms with Crippen molar-refractivity contribution < 1.29 is 9.13 Å². The van der Waals surface area contributed by atoms with E-state index in [-0.39, 0.29) is 11.6 Å². The van der Waals surface area contributed by atoms with Crippen LogP contribution in [0.4, 0.5) is 10.2 Å². The van der Waals surface area contributed by atoms with E-state index in [0.29, 0.717) is 19.0 Å². The van der Waals surface area contributed by atoms with Gasteiger partial charge in [-0.05, 0) is 18.2 Å². The van der Waals surface area contributed by atoms with E-state index in [0.717, 1.165) is 0 Å². The van der Waals surface area contributed by atoms with Gasteiger partial charge in [-0.15, -0.1) is 0 Å². The highest BCUT2D eigenvalue weighted by molar-refractivity contribution is 5.24. The molecule has 0 aliphatic heterocycles. The van der Waals surface area contributed by atoms with Crippen molar-refractivity contribution in [2.24, 2.45) is 0 Å². The van der Waals surface area contributed by atoms with Gasteiger partial charge in [-0.2, -0.15) is 5.10 Å². The molecule has 0 aliphatic rings. The molecule has 2 aromatic rings. The molecule has 2 rings (SSSR count). The van der Waals surface area contributed by atoms with Crippen LogP contribution in [0.1, 0.15) is 0 Å². The average Bonchev–Trinajstić information content (AvgIpc) is 2.67. The van der Waals surface area contributed by atoms with Crippen LogP contribution in [-0.2, 0) is 6.54 Å². The summed E-state index contributed by atoms with van der Waals surface area (Å²) in [5.74, 6) is 0.357. The molecule has 4 nitrogen and oxygen atoms in total. The first kappa shape index (κ1) is 10.5. The number of hydrogen-bond acceptors (Lipinski definition) is 3. The zero-order valence-electron chi connectivity index (χ0n) is 8.64. The fourth-order valence-corrected chi connectivity index (χ4v) is 1.31. The van der Waals surface area contributed by atoms with E-state index in [9.17, 15) is 4.39 Å². The van der Waals surface area contributed by atoms with Crippen LogP contribution in [0.15, 0.2) is 36.5 Å². The largest absolute Gasteiger partial charge is 0.489 e. The second-order valence-corrected chi connectivity index (χ2v) is 3.28. The van der Waals surface area contributed by atoms with Gasteiger partial charge >= 0.3 is 0 Å². The fourth-order valence-electron chi connectivity index (χ4n) is 1.31. The Kier molecular flexibility index (Phi) is 3.05. The Hall–Kier alpha value is -2.04. The molecular weight excluding hydrogens is 209 g/mol. The van der Waals surface area contributed by atoms with Crippen molar-refractivity contribution in [2.45, 2.75) is 6.54 Å². The average molecular weight is 221 g/mol. The number of halogens is 1. The third-order valence-electron chi connectivity index (χ3n) is 2.08. The highest BCUT2D eigenvalue weighted by Gasteiger charge is 2.01. The summed E-state index contributed by atoms with van der Waals surface area (Å²) in [7, 11) is 0. The summed E-state index contributed by atoms with van der Waals surface area (Å²) < 4.78 is 20.1. The van der Waals surface area contributed by atoms with Crippen molar-refractivity contribution in [3.8, 4) is 5.75 Å². The molecule has 0 aliphatic carbocycles. The lowest BCUT2D eigenvalue weighted by Crippen LogP contribution is -2.09. The molecule has 0 amide bonds. The van der Waals surface area contributed by atoms with Crippen molar-refractivity contribution in [1.29, 1.82) is 0 Å². The third-order valence-corrected chi connectivity index (χ3v) is 2.08. The Labute approximate surface area is 92.4 Å². The molecule has 5 heteroatoms. The Morgan fingerprint density at radius 2 is 2.12 bits per heavy atom. The van der Waals surface area contributed by atoms with Gasteiger partial charge in [0.2, 0.25) is 0 Å². The van der Waals surface area contributed by atoms with Crippen LogP contribution >= 0.6 is 0 Å². The summed E-state index contributed by atoms with van der Waals surface area (Å²) in [4.78, 5) is 0. The molecule has 1 aromatic heterocycles. The second kappa shape index (κ2) is 4.65. The first-order valence-electron chi connectivity index (χ1n) is 4.92. The zero-order chi connectivity index (χ0) is 11.4. The van der Waals surface area contributed by atoms with Gasteiger partial charge in [-0.25, -0.2) is 4.39 Å². The molecule has 0 saturated heterocycles. The normalized spacial score (nSPS) is 10.3. The minimum Gasteiger partial charge on any atom is -0.489 e. The SMILES string of the molecule is Nc1ccn(CCOc2ccccc2F)n1. The molecule has 0 radical (unpaired) electrons. The van der Waals surface area contributed by atoms with E-state index in [2.05, 4.69) is 5.10 Å². The molecule has 0 saturated carbocycles. The predicted molar refractivity (Wildman–Crippen MR) is 58.5 cm³/mol. The lowest BCUT2D eigenvalue weighted by Gasteiger charge is -2.06. The van der Waals surface area contributed by atoms with Gasteiger partial charge in [0, 0.05) is 6.20 Å². The van der Waals surface area contributed by atoms with Crippen LogP contribution in [0.3, 0.4) is 0 Å². The zero-order valence-corrected chi connectivity index (χ0v) is 8.64. The smallest absolute Gasteiger partial charge is 0.165 e. The van der Waals surface area contributed by atoms with Gasteiger partial charge in [0.25, 0.3) is 0 Å². The van der Waals surface area contributed by atoms with Crippen LogP contribution in [0, 0.1) is 5.82 Å². The van der Waals surface area contributed by atoms with Crippen molar-refractivity contribution in [1.82, 2.24) is 9.78 Å². The number of ether oxygens (including phenoxy) is 1. The van der Waals surface area contributed by atoms with Gasteiger partial charge < -0.3 is 10.5 Å². The number of aromatic nitrogens is 2. The number of nitrogen functional groups attached to an aromatic ring is 1. The van der Waals surface area contributed by atoms with Crippen molar-refractivity contribution in [3.05, 3.63) is 42.3 Å². The van der Waals surface area contributed by atoms with Crippen LogP contribution in [-0.4, -0.2) is 16.4 Å². The fraction of sp³-hybridized carbons (Fsp3) is 0.182. The summed E-state index contributed by atoms with van der Waals surface area (Å²) >= 11 is 0. The topological polar surface area (TPSA) is 53.1 Å². The summed E-state index contributed by atoms with van der Waals surface area (Å²) in [5.41, 5.74) is 5.45. The van der Waals surface area contributed by atoms with Crippen LogP contribution in [0.5, 0.6) is 5.75 Å². The van der Waals surface area contributed by atoms with Crippen LogP contribution in [0.25, 0.3) is 0 Å². The maximum atomic E-state index is 13.2. The maximum absolute atomic E-state index is 13.2. The molecule has 16 heavy (non-hydrogen) atoms. The Morgan fingerprint density at radius 3 is 2.81 bits per heavy atom. The lowest BCUT2D eigenvalue weighted by molar-refractivity contribution is 0.278. The third kappa shape index (κ3) is 2.50. The second-order valence-electron chi connectivity index (χ2n) is 3.28. The summed E-state index contributed by atoms with van der Waals surface area (Å²) in [5, 5.41) is 3.98. The Balaban J connectivity index is 1.87. The highest BCUT2D eigenvalue weighted by Crippen LogP contribution is 2.15. The first-order valence-corrected chi connectivity index (χ1v) is 4.92. The monoisotopic (exact) mass is 221 g/mol. The molecule has 2 N–H and O–H groups in total. The van der Waals surface area contributed by atoms with Gasteiger partial charge in [0.1, 0.15) is 12.4 Å². The molecule has 0 atom stereocenters. The molecule has 0 unspecified atom stereocenters. The van der Waals surface area contributed by atoms with Crippen molar-refractivity contribution in [3.63, 3.8) is 0 Å². The molecule has 84 valence electrons. The number of nitrogens with zero attached hydrogens (tertiary/aromatic N) is 2. The minimum absolute atomic E-state index is 0.252. The molecule has 0 bridgehead atoms. The quantitative estimate of drug-likeness (QED) is 0.854. The van der Waals surface area contributed by atoms with E-state index in [1.165, 1.54) is 6.07 Å². The highest BCUT2D eigenvalue weighted by atomic mass is 19.1. The number of rotatable bonds is 4. The summed E-state index contributed by atoms with van der Waals surface area (Å²) in [6.45, 7) is 0.883. The van der Waals surface area contributed by atoms with E-state index in [1.54, 1.807) is 35.1 Å². The predicted octanol–water partition coefficient (Wildman–Crippen LogP) is 1.68. The molecular formula is C11H12FN3O. The van der Waals surface area contributed by atoms with Gasteiger partial charge in [-0.3, -0.25) is 4.68 Å². The minimum atomic E-state index is -0.359. The number of para-hydroxylation sites is 1. The van der Waals surface area contributed by atoms with E-state index in [4.69, 9.17) is 10.5 Å². The van der Waals surface area contributed by atoms with Crippen LogP contribution < -0.4 is 10.5 Å².